The maximum absolute atomic E-state index is 11.3. The number of amides is 1. The van der Waals surface area contributed by atoms with Crippen LogP contribution in [0.25, 0.3) is 0 Å². The van der Waals surface area contributed by atoms with E-state index in [0.29, 0.717) is 0 Å². The second-order valence-corrected chi connectivity index (χ2v) is 5.21. The second kappa shape index (κ2) is 6.33. The van der Waals surface area contributed by atoms with E-state index < -0.39 is 23.3 Å². The number of rotatable bonds is 7. The summed E-state index contributed by atoms with van der Waals surface area (Å²) >= 11 is 0. The topological polar surface area (TPSA) is 92.4 Å². The first-order chi connectivity index (χ1) is 8.82. The van der Waals surface area contributed by atoms with E-state index in [1.807, 2.05) is 19.9 Å². The number of carbonyl (C=O) groups excluding carboxylic acids is 1. The molecule has 0 bridgehead atoms. The van der Waals surface area contributed by atoms with Gasteiger partial charge in [0.25, 0.3) is 0 Å². The van der Waals surface area contributed by atoms with E-state index in [9.17, 15) is 14.7 Å². The number of primary amides is 1. The highest BCUT2D eigenvalue weighted by Crippen LogP contribution is 2.17. The summed E-state index contributed by atoms with van der Waals surface area (Å²) < 4.78 is 0. The van der Waals surface area contributed by atoms with Crippen molar-refractivity contribution in [1.82, 2.24) is 5.32 Å². The predicted octanol–water partition coefficient (Wildman–Crippen LogP) is 1.10. The van der Waals surface area contributed by atoms with Gasteiger partial charge in [-0.15, -0.1) is 0 Å². The number of carboxylic acid groups (broad SMARTS) is 1. The van der Waals surface area contributed by atoms with Gasteiger partial charge in [0.15, 0.2) is 0 Å². The SMILES string of the molecule is CC(C)(CC(N)=O)NCC(C(=O)O)c1ccccc1. The highest BCUT2D eigenvalue weighted by Gasteiger charge is 2.25. The van der Waals surface area contributed by atoms with Crippen LogP contribution in [-0.2, 0) is 9.59 Å². The van der Waals surface area contributed by atoms with Gasteiger partial charge in [0.2, 0.25) is 5.91 Å². The van der Waals surface area contributed by atoms with Gasteiger partial charge >= 0.3 is 5.97 Å². The molecule has 0 aliphatic carbocycles. The Morgan fingerprint density at radius 2 is 1.89 bits per heavy atom. The molecule has 0 heterocycles. The fourth-order valence-corrected chi connectivity index (χ4v) is 1.91. The minimum absolute atomic E-state index is 0.161. The zero-order chi connectivity index (χ0) is 14.5. The zero-order valence-corrected chi connectivity index (χ0v) is 11.2. The Morgan fingerprint density at radius 3 is 2.37 bits per heavy atom. The number of carbonyl (C=O) groups is 2. The van der Waals surface area contributed by atoms with Crippen LogP contribution in [0.5, 0.6) is 0 Å². The molecule has 4 N–H and O–H groups in total. The molecule has 0 spiro atoms. The van der Waals surface area contributed by atoms with Crippen LogP contribution < -0.4 is 11.1 Å². The van der Waals surface area contributed by atoms with Gasteiger partial charge in [-0.3, -0.25) is 9.59 Å². The van der Waals surface area contributed by atoms with E-state index in [2.05, 4.69) is 5.32 Å². The molecule has 0 aliphatic heterocycles. The fraction of sp³-hybridized carbons (Fsp3) is 0.429. The van der Waals surface area contributed by atoms with Gasteiger partial charge in [-0.25, -0.2) is 0 Å². The third-order valence-electron chi connectivity index (χ3n) is 2.90. The minimum atomic E-state index is -0.895. The molecule has 1 rings (SSSR count). The third-order valence-corrected chi connectivity index (χ3v) is 2.90. The van der Waals surface area contributed by atoms with Crippen LogP contribution in [0.15, 0.2) is 30.3 Å². The van der Waals surface area contributed by atoms with Crippen molar-refractivity contribution in [3.05, 3.63) is 35.9 Å². The average molecular weight is 264 g/mol. The normalized spacial score (nSPS) is 12.9. The molecule has 0 saturated carbocycles. The summed E-state index contributed by atoms with van der Waals surface area (Å²) in [6.07, 6.45) is 0.161. The fourth-order valence-electron chi connectivity index (χ4n) is 1.91. The summed E-state index contributed by atoms with van der Waals surface area (Å²) in [5, 5.41) is 12.4. The van der Waals surface area contributed by atoms with Crippen molar-refractivity contribution >= 4 is 11.9 Å². The standard InChI is InChI=1S/C14H20N2O3/c1-14(2,8-12(15)17)16-9-11(13(18)19)10-6-4-3-5-7-10/h3-7,11,16H,8-9H2,1-2H3,(H2,15,17)(H,18,19). The molecule has 5 nitrogen and oxygen atoms in total. The number of nitrogens with two attached hydrogens (primary N) is 1. The Balaban J connectivity index is 2.71. The van der Waals surface area contributed by atoms with Crippen LogP contribution in [0.1, 0.15) is 31.7 Å². The number of nitrogens with one attached hydrogen (secondary N) is 1. The molecule has 1 amide bonds. The van der Waals surface area contributed by atoms with Crippen molar-refractivity contribution in [2.45, 2.75) is 31.7 Å². The molecule has 0 saturated heterocycles. The summed E-state index contributed by atoms with van der Waals surface area (Å²) in [5.41, 5.74) is 5.37. The number of hydrogen-bond acceptors (Lipinski definition) is 3. The van der Waals surface area contributed by atoms with E-state index in [1.54, 1.807) is 24.3 Å². The van der Waals surface area contributed by atoms with Crippen molar-refractivity contribution < 1.29 is 14.7 Å². The largest absolute Gasteiger partial charge is 0.481 e. The van der Waals surface area contributed by atoms with E-state index in [1.165, 1.54) is 0 Å². The lowest BCUT2D eigenvalue weighted by molar-refractivity contribution is -0.138. The van der Waals surface area contributed by atoms with Gasteiger partial charge < -0.3 is 16.2 Å². The molecule has 0 radical (unpaired) electrons. The molecular formula is C14H20N2O3. The summed E-state index contributed by atoms with van der Waals surface area (Å²) in [6, 6.07) is 9.01. The van der Waals surface area contributed by atoms with Crippen molar-refractivity contribution in [3.8, 4) is 0 Å². The van der Waals surface area contributed by atoms with Crippen LogP contribution in [-0.4, -0.2) is 29.1 Å². The van der Waals surface area contributed by atoms with Crippen molar-refractivity contribution in [2.75, 3.05) is 6.54 Å². The van der Waals surface area contributed by atoms with E-state index in [4.69, 9.17) is 5.73 Å². The first-order valence-electron chi connectivity index (χ1n) is 6.13. The first-order valence-corrected chi connectivity index (χ1v) is 6.13. The van der Waals surface area contributed by atoms with E-state index in [0.717, 1.165) is 5.56 Å². The number of carboxylic acids is 1. The molecule has 1 aromatic rings. The molecule has 0 aromatic heterocycles. The van der Waals surface area contributed by atoms with Crippen LogP contribution in [0, 0.1) is 0 Å². The number of hydrogen-bond donors (Lipinski definition) is 3. The Labute approximate surface area is 112 Å². The molecule has 0 fully saturated rings. The van der Waals surface area contributed by atoms with Crippen molar-refractivity contribution in [1.29, 1.82) is 0 Å². The van der Waals surface area contributed by atoms with Gasteiger partial charge in [-0.2, -0.15) is 0 Å². The Hall–Kier alpha value is -1.88. The van der Waals surface area contributed by atoms with Gasteiger partial charge in [0.1, 0.15) is 0 Å². The molecule has 1 aromatic carbocycles. The summed E-state index contributed by atoms with van der Waals surface area (Å²) in [5.74, 6) is -1.95. The smallest absolute Gasteiger partial charge is 0.312 e. The van der Waals surface area contributed by atoms with Crippen molar-refractivity contribution in [3.63, 3.8) is 0 Å². The summed E-state index contributed by atoms with van der Waals surface area (Å²) in [7, 11) is 0. The highest BCUT2D eigenvalue weighted by atomic mass is 16.4. The molecular weight excluding hydrogens is 244 g/mol. The lowest BCUT2D eigenvalue weighted by atomic mass is 9.95. The predicted molar refractivity (Wildman–Crippen MR) is 72.7 cm³/mol. The van der Waals surface area contributed by atoms with Crippen molar-refractivity contribution in [2.24, 2.45) is 5.73 Å². The van der Waals surface area contributed by atoms with Gasteiger partial charge in [-0.05, 0) is 19.4 Å². The van der Waals surface area contributed by atoms with E-state index in [-0.39, 0.29) is 13.0 Å². The molecule has 1 unspecified atom stereocenters. The maximum Gasteiger partial charge on any atom is 0.312 e. The summed E-state index contributed by atoms with van der Waals surface area (Å²) in [6.45, 7) is 3.89. The molecule has 1 atom stereocenters. The Bertz CT molecular complexity index is 443. The number of aliphatic carboxylic acids is 1. The van der Waals surface area contributed by atoms with Crippen LogP contribution in [0.3, 0.4) is 0 Å². The molecule has 104 valence electrons. The molecule has 0 aliphatic rings. The quantitative estimate of drug-likeness (QED) is 0.687. The molecule has 5 heteroatoms. The van der Waals surface area contributed by atoms with E-state index >= 15 is 0 Å². The Kier molecular flexibility index (Phi) is 5.06. The monoisotopic (exact) mass is 264 g/mol. The lowest BCUT2D eigenvalue weighted by Gasteiger charge is -2.27. The zero-order valence-electron chi connectivity index (χ0n) is 11.2. The van der Waals surface area contributed by atoms with Gasteiger partial charge in [0, 0.05) is 18.5 Å². The lowest BCUT2D eigenvalue weighted by Crippen LogP contribution is -2.45. The maximum atomic E-state index is 11.3. The third kappa shape index (κ3) is 5.09. The van der Waals surface area contributed by atoms with Crippen LogP contribution >= 0.6 is 0 Å². The van der Waals surface area contributed by atoms with Gasteiger partial charge in [0.05, 0.1) is 5.92 Å². The first kappa shape index (κ1) is 15.2. The van der Waals surface area contributed by atoms with Crippen LogP contribution in [0.4, 0.5) is 0 Å². The van der Waals surface area contributed by atoms with Gasteiger partial charge in [-0.1, -0.05) is 30.3 Å². The number of benzene rings is 1. The minimum Gasteiger partial charge on any atom is -0.481 e. The van der Waals surface area contributed by atoms with Crippen LogP contribution in [0.2, 0.25) is 0 Å². The highest BCUT2D eigenvalue weighted by molar-refractivity contribution is 5.76. The summed E-state index contributed by atoms with van der Waals surface area (Å²) in [4.78, 5) is 22.2. The average Bonchev–Trinajstić information content (AvgIpc) is 2.28. The Morgan fingerprint density at radius 1 is 1.32 bits per heavy atom. The molecule has 19 heavy (non-hydrogen) atoms. The second-order valence-electron chi connectivity index (χ2n) is 5.21.